The van der Waals surface area contributed by atoms with E-state index < -0.39 is 18.0 Å². The van der Waals surface area contributed by atoms with Gasteiger partial charge in [-0.15, -0.1) is 11.3 Å². The minimum atomic E-state index is -0.511. The van der Waals surface area contributed by atoms with Crippen molar-refractivity contribution in [2.75, 3.05) is 25.0 Å². The second-order valence-electron chi connectivity index (χ2n) is 9.50. The average molecular weight is 577 g/mol. The molecule has 0 bridgehead atoms. The van der Waals surface area contributed by atoms with Crippen LogP contribution in [0, 0.1) is 12.7 Å². The summed E-state index contributed by atoms with van der Waals surface area (Å²) in [4.78, 5) is 24.1. The highest BCUT2D eigenvalue weighted by Crippen LogP contribution is 2.40. The zero-order valence-corrected chi connectivity index (χ0v) is 23.2. The Morgan fingerprint density at radius 2 is 1.93 bits per heavy atom. The lowest BCUT2D eigenvalue weighted by Gasteiger charge is -2.35. The predicted octanol–water partition coefficient (Wildman–Crippen LogP) is 7.36. The summed E-state index contributed by atoms with van der Waals surface area (Å²) in [6, 6.07) is 18.5. The summed E-state index contributed by atoms with van der Waals surface area (Å²) >= 11 is 7.92. The van der Waals surface area contributed by atoms with Crippen LogP contribution >= 0.6 is 22.9 Å². The number of rotatable bonds is 7. The molecule has 3 heterocycles. The van der Waals surface area contributed by atoms with Gasteiger partial charge >= 0.3 is 6.09 Å². The third kappa shape index (κ3) is 5.48. The highest BCUT2D eigenvalue weighted by atomic mass is 35.5. The predicted molar refractivity (Wildman–Crippen MR) is 155 cm³/mol. The van der Waals surface area contributed by atoms with Gasteiger partial charge in [0.25, 0.3) is 0 Å². The van der Waals surface area contributed by atoms with Crippen LogP contribution < -0.4 is 14.8 Å². The van der Waals surface area contributed by atoms with Crippen molar-refractivity contribution in [3.8, 4) is 11.5 Å². The number of amides is 1. The van der Waals surface area contributed by atoms with Gasteiger partial charge in [-0.05, 0) is 79.1 Å². The number of carbonyl (C=O) groups is 1. The van der Waals surface area contributed by atoms with Gasteiger partial charge in [-0.25, -0.2) is 14.2 Å². The number of ether oxygens (including phenoxy) is 2. The molecule has 0 saturated heterocycles. The number of fused-ring (bicyclic) bond motifs is 3. The van der Waals surface area contributed by atoms with E-state index in [9.17, 15) is 9.18 Å². The van der Waals surface area contributed by atoms with E-state index in [1.54, 1.807) is 16.2 Å². The first kappa shape index (κ1) is 26.2. The lowest BCUT2D eigenvalue weighted by atomic mass is 9.92. The van der Waals surface area contributed by atoms with Crippen molar-refractivity contribution in [2.45, 2.75) is 19.4 Å². The van der Waals surface area contributed by atoms with Gasteiger partial charge < -0.3 is 19.8 Å². The SMILES string of the molecule is Cc1cnc(NCCOc2ccc(C3c4[nH]c5ccc(Cl)cc5c4CCN3C(=O)Oc3ccc(F)cc3)cc2)s1. The lowest BCUT2D eigenvalue weighted by Crippen LogP contribution is -2.42. The van der Waals surface area contributed by atoms with Crippen molar-refractivity contribution in [1.82, 2.24) is 14.9 Å². The van der Waals surface area contributed by atoms with Gasteiger partial charge in [0.2, 0.25) is 0 Å². The Hall–Kier alpha value is -4.08. The summed E-state index contributed by atoms with van der Waals surface area (Å²) in [5.74, 6) is 0.610. The van der Waals surface area contributed by atoms with Crippen LogP contribution in [0.1, 0.15) is 27.7 Å². The van der Waals surface area contributed by atoms with Gasteiger partial charge in [-0.3, -0.25) is 4.90 Å². The van der Waals surface area contributed by atoms with Gasteiger partial charge in [0, 0.05) is 39.2 Å². The van der Waals surface area contributed by atoms with E-state index in [4.69, 9.17) is 21.1 Å². The number of aromatic nitrogens is 2. The van der Waals surface area contributed by atoms with E-state index in [2.05, 4.69) is 15.3 Å². The topological polar surface area (TPSA) is 79.5 Å². The van der Waals surface area contributed by atoms with E-state index in [0.717, 1.165) is 43.5 Å². The quantitative estimate of drug-likeness (QED) is 0.198. The fourth-order valence-electron chi connectivity index (χ4n) is 4.98. The van der Waals surface area contributed by atoms with Crippen molar-refractivity contribution < 1.29 is 18.7 Å². The van der Waals surface area contributed by atoms with Crippen LogP contribution in [0.15, 0.2) is 72.9 Å². The summed E-state index contributed by atoms with van der Waals surface area (Å²) in [5.41, 5.74) is 3.89. The zero-order valence-electron chi connectivity index (χ0n) is 21.6. The summed E-state index contributed by atoms with van der Waals surface area (Å²) in [7, 11) is 0. The number of halogens is 2. The molecule has 1 aliphatic heterocycles. The van der Waals surface area contributed by atoms with Gasteiger partial charge in [0.1, 0.15) is 30.0 Å². The molecule has 204 valence electrons. The molecule has 7 nitrogen and oxygen atoms in total. The minimum Gasteiger partial charge on any atom is -0.492 e. The molecule has 0 radical (unpaired) electrons. The van der Waals surface area contributed by atoms with Crippen LogP contribution in [0.5, 0.6) is 11.5 Å². The van der Waals surface area contributed by atoms with Gasteiger partial charge in [-0.2, -0.15) is 0 Å². The molecule has 1 aliphatic rings. The highest BCUT2D eigenvalue weighted by Gasteiger charge is 2.35. The molecule has 0 fully saturated rings. The molecule has 2 N–H and O–H groups in total. The van der Waals surface area contributed by atoms with Crippen LogP contribution in [0.2, 0.25) is 5.02 Å². The number of carbonyl (C=O) groups excluding carboxylic acids is 1. The molecule has 1 amide bonds. The molecule has 10 heteroatoms. The summed E-state index contributed by atoms with van der Waals surface area (Å²) in [5, 5.41) is 5.83. The van der Waals surface area contributed by atoms with Crippen LogP contribution in [-0.2, 0) is 6.42 Å². The molecule has 1 atom stereocenters. The Morgan fingerprint density at radius 3 is 2.67 bits per heavy atom. The molecule has 3 aromatic carbocycles. The Labute approximate surface area is 239 Å². The van der Waals surface area contributed by atoms with Crippen LogP contribution in [-0.4, -0.2) is 40.7 Å². The molecule has 1 unspecified atom stereocenters. The first-order valence-electron chi connectivity index (χ1n) is 12.9. The number of anilines is 1. The molecule has 0 aliphatic carbocycles. The van der Waals surface area contributed by atoms with Crippen LogP contribution in [0.25, 0.3) is 10.9 Å². The van der Waals surface area contributed by atoms with E-state index in [1.807, 2.05) is 55.6 Å². The highest BCUT2D eigenvalue weighted by molar-refractivity contribution is 7.15. The van der Waals surface area contributed by atoms with Crippen LogP contribution in [0.4, 0.5) is 14.3 Å². The number of hydrogen-bond acceptors (Lipinski definition) is 6. The van der Waals surface area contributed by atoms with Gasteiger partial charge in [0.15, 0.2) is 5.13 Å². The fraction of sp³-hybridized carbons (Fsp3) is 0.200. The Morgan fingerprint density at radius 1 is 1.15 bits per heavy atom. The maximum absolute atomic E-state index is 13.4. The largest absolute Gasteiger partial charge is 0.492 e. The average Bonchev–Trinajstić information content (AvgIpc) is 3.54. The molecule has 0 spiro atoms. The smallest absolute Gasteiger partial charge is 0.416 e. The van der Waals surface area contributed by atoms with Crippen molar-refractivity contribution in [1.29, 1.82) is 0 Å². The van der Waals surface area contributed by atoms with Crippen molar-refractivity contribution in [2.24, 2.45) is 0 Å². The monoisotopic (exact) mass is 576 g/mol. The molecule has 40 heavy (non-hydrogen) atoms. The molecule has 0 saturated carbocycles. The van der Waals surface area contributed by atoms with Crippen LogP contribution in [0.3, 0.4) is 0 Å². The number of aromatic amines is 1. The Bertz CT molecular complexity index is 1650. The first-order chi connectivity index (χ1) is 19.4. The number of H-pyrrole nitrogens is 1. The zero-order chi connectivity index (χ0) is 27.6. The molecular weight excluding hydrogens is 551 g/mol. The van der Waals surface area contributed by atoms with E-state index in [0.29, 0.717) is 31.1 Å². The van der Waals surface area contributed by atoms with Gasteiger partial charge in [0.05, 0.1) is 6.54 Å². The molecule has 2 aromatic heterocycles. The number of aryl methyl sites for hydroxylation is 1. The van der Waals surface area contributed by atoms with E-state index >= 15 is 0 Å². The maximum Gasteiger partial charge on any atom is 0.416 e. The molecular formula is C30H26ClFN4O3S. The minimum absolute atomic E-state index is 0.282. The second-order valence-corrected chi connectivity index (χ2v) is 11.2. The first-order valence-corrected chi connectivity index (χ1v) is 14.1. The Balaban J connectivity index is 1.24. The number of nitrogens with one attached hydrogen (secondary N) is 2. The Kier molecular flexibility index (Phi) is 7.32. The maximum atomic E-state index is 13.4. The normalized spacial score (nSPS) is 14.7. The van der Waals surface area contributed by atoms with Gasteiger partial charge in [-0.1, -0.05) is 23.7 Å². The second kappa shape index (κ2) is 11.2. The summed E-state index contributed by atoms with van der Waals surface area (Å²) in [6.45, 7) is 3.56. The van der Waals surface area contributed by atoms with Crippen molar-refractivity contribution >= 4 is 45.1 Å². The standard InChI is InChI=1S/C30H26ClFN4O3S/c1-18-17-34-29(40-18)33-13-15-38-22-7-2-19(3-8-22)28-27-24(25-16-20(31)4-11-26(25)35-27)12-14-36(28)30(37)39-23-9-5-21(32)6-10-23/h2-11,16-17,28,35H,12-15H2,1H3,(H,33,34). The van der Waals surface area contributed by atoms with E-state index in [1.165, 1.54) is 24.3 Å². The molecule has 6 rings (SSSR count). The van der Waals surface area contributed by atoms with Crippen molar-refractivity contribution in [3.05, 3.63) is 105 Å². The van der Waals surface area contributed by atoms with E-state index in [-0.39, 0.29) is 5.75 Å². The summed E-state index contributed by atoms with van der Waals surface area (Å²) < 4.78 is 25.0. The number of benzene rings is 3. The summed E-state index contributed by atoms with van der Waals surface area (Å²) in [6.07, 6.45) is 1.96. The lowest BCUT2D eigenvalue weighted by molar-refractivity contribution is 0.135. The third-order valence-electron chi connectivity index (χ3n) is 6.81. The number of nitrogens with zero attached hydrogens (tertiary/aromatic N) is 2. The fourth-order valence-corrected chi connectivity index (χ4v) is 5.84. The number of hydrogen-bond donors (Lipinski definition) is 2. The third-order valence-corrected chi connectivity index (χ3v) is 7.91. The van der Waals surface area contributed by atoms with Crippen molar-refractivity contribution in [3.63, 3.8) is 0 Å². The molecule has 5 aromatic rings. The number of thiazole rings is 1.